The number of rotatable bonds is 3. The number of nitrogens with zero attached hydrogens (tertiary/aromatic N) is 1. The van der Waals surface area contributed by atoms with Crippen molar-refractivity contribution < 1.29 is 9.53 Å². The van der Waals surface area contributed by atoms with Crippen LogP contribution < -0.4 is 9.64 Å². The molecule has 0 fully saturated rings. The number of fused-ring (bicyclic) bond motifs is 1. The highest BCUT2D eigenvalue weighted by Crippen LogP contribution is 2.38. The minimum atomic E-state index is 0.763. The van der Waals surface area contributed by atoms with E-state index < -0.39 is 0 Å². The largest absolute Gasteiger partial charge is 0.496 e. The molecule has 0 atom stereocenters. The van der Waals surface area contributed by atoms with E-state index >= 15 is 0 Å². The van der Waals surface area contributed by atoms with E-state index in [2.05, 4.69) is 19.1 Å². The fraction of sp³-hybridized carbons (Fsp3) is 0.235. The van der Waals surface area contributed by atoms with Crippen LogP contribution in [0.4, 0.5) is 5.69 Å². The Kier molecular flexibility index (Phi) is 3.18. The number of methoxy groups -OCH3 is 1. The summed E-state index contributed by atoms with van der Waals surface area (Å²) in [5, 5.41) is 0. The van der Waals surface area contributed by atoms with E-state index in [0.29, 0.717) is 0 Å². The second-order valence-corrected chi connectivity index (χ2v) is 4.98. The minimum Gasteiger partial charge on any atom is -0.496 e. The van der Waals surface area contributed by atoms with Crippen molar-refractivity contribution in [1.29, 1.82) is 0 Å². The van der Waals surface area contributed by atoms with Gasteiger partial charge >= 0.3 is 0 Å². The van der Waals surface area contributed by atoms with E-state index in [1.807, 2.05) is 24.3 Å². The average molecular weight is 267 g/mol. The Labute approximate surface area is 118 Å². The van der Waals surface area contributed by atoms with Gasteiger partial charge in [0.05, 0.1) is 7.11 Å². The number of hydrogen-bond acceptors (Lipinski definition) is 2. The van der Waals surface area contributed by atoms with Crippen LogP contribution in [0.5, 0.6) is 5.75 Å². The predicted molar refractivity (Wildman–Crippen MR) is 80.3 cm³/mol. The summed E-state index contributed by atoms with van der Waals surface area (Å²) in [5.41, 5.74) is 5.78. The van der Waals surface area contributed by atoms with Crippen LogP contribution in [0.3, 0.4) is 0 Å². The first-order chi connectivity index (χ1) is 9.76. The third kappa shape index (κ3) is 1.86. The Bertz CT molecular complexity index is 664. The lowest BCUT2D eigenvalue weighted by Crippen LogP contribution is -2.17. The number of anilines is 1. The molecule has 0 aliphatic carbocycles. The zero-order chi connectivity index (χ0) is 14.1. The molecule has 3 nitrogen and oxygen atoms in total. The smallest absolute Gasteiger partial charge is 0.214 e. The number of ether oxygens (including phenoxy) is 1. The molecule has 2 aromatic rings. The van der Waals surface area contributed by atoms with Gasteiger partial charge in [0.25, 0.3) is 0 Å². The molecule has 0 aromatic heterocycles. The Morgan fingerprint density at radius 2 is 1.90 bits per heavy atom. The molecule has 102 valence electrons. The van der Waals surface area contributed by atoms with Crippen molar-refractivity contribution in [2.45, 2.75) is 13.3 Å². The van der Waals surface area contributed by atoms with E-state index in [4.69, 9.17) is 4.74 Å². The summed E-state index contributed by atoms with van der Waals surface area (Å²) in [6, 6.07) is 12.2. The molecule has 1 aliphatic heterocycles. The van der Waals surface area contributed by atoms with Gasteiger partial charge in [-0.2, -0.15) is 0 Å². The molecule has 1 amide bonds. The molecule has 0 unspecified atom stereocenters. The van der Waals surface area contributed by atoms with Crippen molar-refractivity contribution in [3.05, 3.63) is 47.5 Å². The van der Waals surface area contributed by atoms with E-state index in [0.717, 1.165) is 36.4 Å². The van der Waals surface area contributed by atoms with E-state index in [1.165, 1.54) is 16.7 Å². The molecule has 3 rings (SSSR count). The van der Waals surface area contributed by atoms with Crippen molar-refractivity contribution >= 4 is 12.1 Å². The first-order valence-electron chi connectivity index (χ1n) is 6.74. The van der Waals surface area contributed by atoms with Crippen LogP contribution in [0.15, 0.2) is 36.4 Å². The molecule has 0 saturated carbocycles. The molecule has 20 heavy (non-hydrogen) atoms. The molecule has 0 bridgehead atoms. The van der Waals surface area contributed by atoms with Crippen molar-refractivity contribution in [2.75, 3.05) is 18.6 Å². The number of benzene rings is 2. The summed E-state index contributed by atoms with van der Waals surface area (Å²) in [4.78, 5) is 12.9. The van der Waals surface area contributed by atoms with Gasteiger partial charge in [0.2, 0.25) is 6.41 Å². The van der Waals surface area contributed by atoms with E-state index in [1.54, 1.807) is 12.0 Å². The normalized spacial score (nSPS) is 13.2. The average Bonchev–Trinajstić information content (AvgIpc) is 2.90. The van der Waals surface area contributed by atoms with Gasteiger partial charge < -0.3 is 9.64 Å². The van der Waals surface area contributed by atoms with Crippen molar-refractivity contribution in [3.8, 4) is 16.9 Å². The Morgan fingerprint density at radius 3 is 2.65 bits per heavy atom. The number of carbonyl (C=O) groups excluding carboxylic acids is 1. The van der Waals surface area contributed by atoms with Gasteiger partial charge in [0, 0.05) is 12.2 Å². The van der Waals surface area contributed by atoms with Gasteiger partial charge in [0.15, 0.2) is 0 Å². The fourth-order valence-corrected chi connectivity index (χ4v) is 2.95. The van der Waals surface area contributed by atoms with Gasteiger partial charge in [0.1, 0.15) is 5.75 Å². The summed E-state index contributed by atoms with van der Waals surface area (Å²) in [5.74, 6) is 0.894. The van der Waals surface area contributed by atoms with Gasteiger partial charge in [-0.1, -0.05) is 24.3 Å². The van der Waals surface area contributed by atoms with Gasteiger partial charge in [-0.3, -0.25) is 4.79 Å². The second kappa shape index (κ2) is 5.00. The Morgan fingerprint density at radius 1 is 1.15 bits per heavy atom. The molecular weight excluding hydrogens is 250 g/mol. The molecule has 0 spiro atoms. The maximum absolute atomic E-state index is 11.1. The second-order valence-electron chi connectivity index (χ2n) is 4.98. The van der Waals surface area contributed by atoms with Crippen LogP contribution >= 0.6 is 0 Å². The summed E-state index contributed by atoms with van der Waals surface area (Å²) in [6.45, 7) is 2.83. The van der Waals surface area contributed by atoms with Crippen molar-refractivity contribution in [3.63, 3.8) is 0 Å². The molecule has 3 heteroatoms. The fourth-order valence-electron chi connectivity index (χ4n) is 2.95. The molecule has 2 aromatic carbocycles. The van der Waals surface area contributed by atoms with Crippen LogP contribution in [0.25, 0.3) is 11.1 Å². The summed E-state index contributed by atoms with van der Waals surface area (Å²) in [7, 11) is 1.69. The Hall–Kier alpha value is -2.29. The van der Waals surface area contributed by atoms with Crippen LogP contribution in [0.1, 0.15) is 11.1 Å². The van der Waals surface area contributed by atoms with Crippen LogP contribution in [-0.4, -0.2) is 20.1 Å². The monoisotopic (exact) mass is 267 g/mol. The molecule has 0 N–H and O–H groups in total. The summed E-state index contributed by atoms with van der Waals surface area (Å²) >= 11 is 0. The first-order valence-corrected chi connectivity index (χ1v) is 6.74. The van der Waals surface area contributed by atoms with E-state index in [-0.39, 0.29) is 0 Å². The lowest BCUT2D eigenvalue weighted by molar-refractivity contribution is -0.107. The zero-order valence-electron chi connectivity index (χ0n) is 11.7. The number of amides is 1. The minimum absolute atomic E-state index is 0.763. The highest BCUT2D eigenvalue weighted by molar-refractivity contribution is 5.86. The molecule has 1 aliphatic rings. The van der Waals surface area contributed by atoms with E-state index in [9.17, 15) is 4.79 Å². The van der Waals surface area contributed by atoms with Crippen LogP contribution in [0.2, 0.25) is 0 Å². The third-order valence-electron chi connectivity index (χ3n) is 3.98. The highest BCUT2D eigenvalue weighted by atomic mass is 16.5. The van der Waals surface area contributed by atoms with Crippen molar-refractivity contribution in [2.24, 2.45) is 0 Å². The lowest BCUT2D eigenvalue weighted by atomic mass is 9.94. The van der Waals surface area contributed by atoms with Crippen LogP contribution in [0, 0.1) is 6.92 Å². The topological polar surface area (TPSA) is 29.5 Å². The maximum atomic E-state index is 11.1. The van der Waals surface area contributed by atoms with Crippen molar-refractivity contribution in [1.82, 2.24) is 0 Å². The van der Waals surface area contributed by atoms with Gasteiger partial charge in [-0.15, -0.1) is 0 Å². The highest BCUT2D eigenvalue weighted by Gasteiger charge is 2.22. The molecular formula is C17H17NO2. The number of carbonyl (C=O) groups is 1. The van der Waals surface area contributed by atoms with Gasteiger partial charge in [-0.25, -0.2) is 0 Å². The molecule has 0 saturated heterocycles. The lowest BCUT2D eigenvalue weighted by Gasteiger charge is -2.15. The summed E-state index contributed by atoms with van der Waals surface area (Å²) < 4.78 is 5.40. The molecule has 1 heterocycles. The SMILES string of the molecule is COc1cccc(-c2cccc3c2CCN3C=O)c1C. The first kappa shape index (κ1) is 12.7. The quantitative estimate of drug-likeness (QED) is 0.799. The molecule has 0 radical (unpaired) electrons. The van der Waals surface area contributed by atoms with Crippen LogP contribution in [-0.2, 0) is 11.2 Å². The Balaban J connectivity index is 2.18. The standard InChI is InChI=1S/C17H17NO2/c1-12-13(5-4-8-17(12)20-2)14-6-3-7-16-15(14)9-10-18(16)11-19/h3-8,11H,9-10H2,1-2H3. The maximum Gasteiger partial charge on any atom is 0.214 e. The van der Waals surface area contributed by atoms with Gasteiger partial charge in [-0.05, 0) is 47.7 Å². The third-order valence-corrected chi connectivity index (χ3v) is 3.98. The predicted octanol–water partition coefficient (Wildman–Crippen LogP) is 3.19. The summed E-state index contributed by atoms with van der Waals surface area (Å²) in [6.07, 6.45) is 1.81. The zero-order valence-corrected chi connectivity index (χ0v) is 11.7. The number of hydrogen-bond donors (Lipinski definition) is 0.